The monoisotopic (exact) mass is 899 g/mol. The zero-order valence-electron chi connectivity index (χ0n) is 41.1. The molecule has 1 heterocycles. The van der Waals surface area contributed by atoms with Crippen LogP contribution in [0.15, 0.2) is 180 Å². The largest absolute Gasteiger partial charge is 0.454 e. The molecule has 0 saturated heterocycles. The first-order valence-corrected chi connectivity index (χ1v) is 25.2. The summed E-state index contributed by atoms with van der Waals surface area (Å²) in [7, 11) is 0. The van der Waals surface area contributed by atoms with Crippen LogP contribution in [-0.4, -0.2) is 0 Å². The molecule has 4 aliphatic rings. The van der Waals surface area contributed by atoms with Crippen LogP contribution in [0, 0.1) is 0 Å². The van der Waals surface area contributed by atoms with Crippen molar-refractivity contribution in [1.82, 2.24) is 0 Å². The Bertz CT molecular complexity index is 3970. The van der Waals surface area contributed by atoms with Gasteiger partial charge in [0.25, 0.3) is 0 Å². The minimum absolute atomic E-state index is 0.103. The molecule has 0 aliphatic heterocycles. The lowest BCUT2D eigenvalue weighted by Gasteiger charge is -2.38. The van der Waals surface area contributed by atoms with Crippen LogP contribution in [0.4, 0.5) is 17.1 Å². The van der Waals surface area contributed by atoms with Crippen molar-refractivity contribution in [3.8, 4) is 44.5 Å². The van der Waals surface area contributed by atoms with E-state index >= 15 is 0 Å². The SMILES string of the molecule is CC1(C)c2ccccc2-c2cc3c(cc21)-c1ccc(N(c2ccc4c5c(cccc25)C(C)(C)c2cc5c(cc2-4)C(C)(C)c2ccccc2-5)c2cccc4c2oc2ccccc24)c2cccc(c12)C3(C)C. The molecule has 0 fully saturated rings. The molecule has 10 aromatic carbocycles. The first kappa shape index (κ1) is 40.2. The predicted octanol–water partition coefficient (Wildman–Crippen LogP) is 18.6. The summed E-state index contributed by atoms with van der Waals surface area (Å²) >= 11 is 0. The second kappa shape index (κ2) is 13.1. The average Bonchev–Trinajstić information content (AvgIpc) is 3.94. The molecule has 1 aromatic heterocycles. The average molecular weight is 900 g/mol. The molecule has 4 aliphatic carbocycles. The zero-order chi connectivity index (χ0) is 47.4. The van der Waals surface area contributed by atoms with E-state index in [1.807, 2.05) is 0 Å². The van der Waals surface area contributed by atoms with E-state index in [1.165, 1.54) is 111 Å². The molecule has 70 heavy (non-hydrogen) atoms. The molecule has 0 spiro atoms. The summed E-state index contributed by atoms with van der Waals surface area (Å²) in [5, 5.41) is 7.34. The molecule has 0 unspecified atom stereocenters. The van der Waals surface area contributed by atoms with E-state index < -0.39 is 0 Å². The number of hydrogen-bond donors (Lipinski definition) is 0. The van der Waals surface area contributed by atoms with E-state index in [0.717, 1.165) is 39.0 Å². The maximum absolute atomic E-state index is 6.99. The number of rotatable bonds is 3. The fourth-order valence-corrected chi connectivity index (χ4v) is 14.2. The molecular weight excluding hydrogens is 847 g/mol. The van der Waals surface area contributed by atoms with Crippen molar-refractivity contribution >= 4 is 60.5 Å². The highest BCUT2D eigenvalue weighted by Gasteiger charge is 2.43. The van der Waals surface area contributed by atoms with E-state index in [9.17, 15) is 0 Å². The highest BCUT2D eigenvalue weighted by atomic mass is 16.3. The number of nitrogens with zero attached hydrogens (tertiary/aromatic N) is 1. The quantitative estimate of drug-likeness (QED) is 0.176. The van der Waals surface area contributed by atoms with E-state index in [4.69, 9.17) is 4.42 Å². The minimum atomic E-state index is -0.254. The van der Waals surface area contributed by atoms with Crippen molar-refractivity contribution < 1.29 is 4.42 Å². The second-order valence-electron chi connectivity index (χ2n) is 22.8. The van der Waals surface area contributed by atoms with E-state index in [1.54, 1.807) is 0 Å². The molecule has 2 nitrogen and oxygen atoms in total. The van der Waals surface area contributed by atoms with Gasteiger partial charge < -0.3 is 9.32 Å². The zero-order valence-corrected chi connectivity index (χ0v) is 41.1. The number of hydrogen-bond acceptors (Lipinski definition) is 2. The van der Waals surface area contributed by atoms with Gasteiger partial charge in [0.05, 0.1) is 17.1 Å². The molecule has 0 radical (unpaired) electrons. The van der Waals surface area contributed by atoms with Gasteiger partial charge in [-0.05, 0) is 148 Å². The van der Waals surface area contributed by atoms with Gasteiger partial charge in [-0.25, -0.2) is 0 Å². The third-order valence-electron chi connectivity index (χ3n) is 17.9. The van der Waals surface area contributed by atoms with Crippen LogP contribution in [-0.2, 0) is 21.7 Å². The summed E-state index contributed by atoms with van der Waals surface area (Å²) in [5.41, 5.74) is 26.2. The van der Waals surface area contributed by atoms with Gasteiger partial charge in [-0.1, -0.05) is 183 Å². The summed E-state index contributed by atoms with van der Waals surface area (Å²) in [6, 6.07) is 67.1. The number of furan rings is 1. The van der Waals surface area contributed by atoms with Crippen molar-refractivity contribution in [2.75, 3.05) is 4.90 Å². The van der Waals surface area contributed by atoms with Crippen LogP contribution >= 0.6 is 0 Å². The van der Waals surface area contributed by atoms with Gasteiger partial charge in [-0.2, -0.15) is 0 Å². The molecular formula is C68H53NO. The molecule has 11 aromatic rings. The Hall–Kier alpha value is -7.68. The van der Waals surface area contributed by atoms with Crippen LogP contribution in [0.3, 0.4) is 0 Å². The van der Waals surface area contributed by atoms with Gasteiger partial charge in [0, 0.05) is 43.2 Å². The van der Waals surface area contributed by atoms with Gasteiger partial charge in [0.2, 0.25) is 0 Å². The normalized spacial score (nSPS) is 16.5. The van der Waals surface area contributed by atoms with Crippen molar-refractivity contribution in [2.24, 2.45) is 0 Å². The van der Waals surface area contributed by atoms with Gasteiger partial charge >= 0.3 is 0 Å². The molecule has 0 N–H and O–H groups in total. The van der Waals surface area contributed by atoms with Crippen LogP contribution < -0.4 is 4.90 Å². The van der Waals surface area contributed by atoms with Gasteiger partial charge in [-0.3, -0.25) is 0 Å². The maximum atomic E-state index is 6.99. The molecule has 0 atom stereocenters. The molecule has 336 valence electrons. The lowest BCUT2D eigenvalue weighted by atomic mass is 9.67. The van der Waals surface area contributed by atoms with Gasteiger partial charge in [-0.15, -0.1) is 0 Å². The summed E-state index contributed by atoms with van der Waals surface area (Å²) in [6.45, 7) is 19.3. The van der Waals surface area contributed by atoms with Crippen LogP contribution in [0.5, 0.6) is 0 Å². The molecule has 0 amide bonds. The van der Waals surface area contributed by atoms with Crippen LogP contribution in [0.25, 0.3) is 88.0 Å². The van der Waals surface area contributed by atoms with Gasteiger partial charge in [0.1, 0.15) is 5.58 Å². The molecule has 0 bridgehead atoms. The van der Waals surface area contributed by atoms with E-state index in [0.29, 0.717) is 0 Å². The smallest absolute Gasteiger partial charge is 0.159 e. The minimum Gasteiger partial charge on any atom is -0.454 e. The van der Waals surface area contributed by atoms with Gasteiger partial charge in [0.15, 0.2) is 5.58 Å². The number of anilines is 3. The number of fused-ring (bicyclic) bond motifs is 13. The Balaban J connectivity index is 1.01. The highest BCUT2D eigenvalue weighted by Crippen LogP contribution is 2.60. The summed E-state index contributed by atoms with van der Waals surface area (Å²) in [5.74, 6) is 0. The summed E-state index contributed by atoms with van der Waals surface area (Å²) in [6.07, 6.45) is 0. The number of benzene rings is 10. The first-order chi connectivity index (χ1) is 33.8. The first-order valence-electron chi connectivity index (χ1n) is 25.2. The molecule has 15 rings (SSSR count). The topological polar surface area (TPSA) is 16.4 Å². The van der Waals surface area contributed by atoms with Crippen molar-refractivity contribution in [1.29, 1.82) is 0 Å². The van der Waals surface area contributed by atoms with E-state index in [2.05, 4.69) is 236 Å². The predicted molar refractivity (Wildman–Crippen MR) is 294 cm³/mol. The summed E-state index contributed by atoms with van der Waals surface area (Å²) < 4.78 is 6.99. The highest BCUT2D eigenvalue weighted by molar-refractivity contribution is 6.18. The molecule has 0 saturated carbocycles. The van der Waals surface area contributed by atoms with Crippen molar-refractivity contribution in [3.63, 3.8) is 0 Å². The summed E-state index contributed by atoms with van der Waals surface area (Å²) in [4.78, 5) is 2.53. The van der Waals surface area contributed by atoms with E-state index in [-0.39, 0.29) is 21.7 Å². The fraction of sp³-hybridized carbons (Fsp3) is 0.176. The second-order valence-corrected chi connectivity index (χ2v) is 22.8. The third-order valence-corrected chi connectivity index (χ3v) is 17.9. The Morgan fingerprint density at radius 3 is 1.19 bits per heavy atom. The lowest BCUT2D eigenvalue weighted by Crippen LogP contribution is -2.25. The lowest BCUT2D eigenvalue weighted by molar-refractivity contribution is 0.639. The van der Waals surface area contributed by atoms with Crippen molar-refractivity contribution in [3.05, 3.63) is 220 Å². The van der Waals surface area contributed by atoms with Crippen LogP contribution in [0.2, 0.25) is 0 Å². The third kappa shape index (κ3) is 4.84. The van der Waals surface area contributed by atoms with Crippen LogP contribution in [0.1, 0.15) is 99.9 Å². The maximum Gasteiger partial charge on any atom is 0.159 e. The molecule has 2 heteroatoms. The Kier molecular flexibility index (Phi) is 7.55. The van der Waals surface area contributed by atoms with Crippen molar-refractivity contribution in [2.45, 2.75) is 77.0 Å². The fourth-order valence-electron chi connectivity index (χ4n) is 14.2. The Morgan fingerprint density at radius 1 is 0.286 bits per heavy atom. The Labute approximate surface area is 409 Å². The Morgan fingerprint density at radius 2 is 0.671 bits per heavy atom. The standard InChI is InChI=1S/C68H53NO/c1-65(2)50-24-12-9-18-38(50)46-34-56-48(36-54(46)65)41-30-32-58(44-22-15-26-52(62(41)44)67(56,5)6)69(60-28-17-21-43-40-20-11-14-29-61(40)70-64(43)60)59-33-31-42-49-37-55-47(39-19-10-13-25-51(39)66(55,3)4)35-57(49)68(7,8)53-27-16-23-45(59)63(42)53/h9-37H,1-8H3. The number of para-hydroxylation sites is 2.